The van der Waals surface area contributed by atoms with E-state index in [0.717, 1.165) is 18.9 Å². The first kappa shape index (κ1) is 20.3. The van der Waals surface area contributed by atoms with Gasteiger partial charge in [-0.3, -0.25) is 4.79 Å². The summed E-state index contributed by atoms with van der Waals surface area (Å²) in [6.07, 6.45) is 2.93. The summed E-state index contributed by atoms with van der Waals surface area (Å²) in [7, 11) is 2.95. The van der Waals surface area contributed by atoms with Crippen molar-refractivity contribution in [3.8, 4) is 28.4 Å². The second kappa shape index (κ2) is 9.62. The van der Waals surface area contributed by atoms with Crippen molar-refractivity contribution < 1.29 is 23.4 Å². The largest absolute Gasteiger partial charge is 0.493 e. The van der Waals surface area contributed by atoms with Crippen molar-refractivity contribution in [2.45, 2.75) is 19.8 Å². The molecule has 0 saturated heterocycles. The highest BCUT2D eigenvalue weighted by molar-refractivity contribution is 6.03. The number of nitrogens with one attached hydrogen (secondary N) is 1. The molecule has 0 radical (unpaired) electrons. The Morgan fingerprint density at radius 2 is 1.93 bits per heavy atom. The van der Waals surface area contributed by atoms with Gasteiger partial charge in [-0.2, -0.15) is 0 Å². The van der Waals surface area contributed by atoms with Crippen LogP contribution in [0.1, 0.15) is 19.8 Å². The molecular weight excluding hydrogens is 349 g/mol. The summed E-state index contributed by atoms with van der Waals surface area (Å²) in [5.41, 5.74) is 0.906. The molecule has 1 amide bonds. The molecule has 0 saturated carbocycles. The lowest BCUT2D eigenvalue weighted by Crippen LogP contribution is -2.10. The van der Waals surface area contributed by atoms with Gasteiger partial charge in [-0.05, 0) is 36.8 Å². The fourth-order valence-corrected chi connectivity index (χ4v) is 2.66. The minimum Gasteiger partial charge on any atom is -0.493 e. The van der Waals surface area contributed by atoms with Gasteiger partial charge in [0.25, 0.3) is 0 Å². The van der Waals surface area contributed by atoms with Crippen LogP contribution in [0.2, 0.25) is 0 Å². The van der Waals surface area contributed by atoms with E-state index < -0.39 is 11.7 Å². The van der Waals surface area contributed by atoms with Crippen LogP contribution in [0, 0.1) is 5.82 Å². The molecule has 0 unspecified atom stereocenters. The Balaban J connectivity index is 2.71. The number of benzene rings is 2. The molecule has 144 valence electrons. The Labute approximate surface area is 158 Å². The average molecular weight is 373 g/mol. The third kappa shape index (κ3) is 4.58. The van der Waals surface area contributed by atoms with Crippen LogP contribution >= 0.6 is 0 Å². The molecule has 0 aromatic heterocycles. The maximum atomic E-state index is 14.9. The summed E-state index contributed by atoms with van der Waals surface area (Å²) in [5.74, 6) is 0.152. The van der Waals surface area contributed by atoms with Gasteiger partial charge in [0.2, 0.25) is 5.91 Å². The molecule has 2 aromatic carbocycles. The van der Waals surface area contributed by atoms with Crippen LogP contribution in [0.5, 0.6) is 17.2 Å². The highest BCUT2D eigenvalue weighted by Crippen LogP contribution is 2.47. The van der Waals surface area contributed by atoms with E-state index in [-0.39, 0.29) is 5.56 Å². The first-order valence-corrected chi connectivity index (χ1v) is 8.67. The first-order valence-electron chi connectivity index (χ1n) is 8.67. The number of unbranched alkanes of at least 4 members (excludes halogenated alkanes) is 1. The van der Waals surface area contributed by atoms with Gasteiger partial charge in [-0.25, -0.2) is 4.39 Å². The topological polar surface area (TPSA) is 56.8 Å². The number of methoxy groups -OCH3 is 2. The van der Waals surface area contributed by atoms with E-state index in [0.29, 0.717) is 35.1 Å². The lowest BCUT2D eigenvalue weighted by molar-refractivity contribution is -0.111. The molecule has 0 heterocycles. The number of carbonyl (C=O) groups excluding carboxylic acids is 1. The standard InChI is InChI=1S/C21H24FNO4/c1-5-7-13-27-16-10-8-9-14(22)19(16)20-15(23-18(24)6-2)11-12-17(25-3)21(20)26-4/h6,8-12H,2,5,7,13H2,1,3-4H3,(H,23,24). The second-order valence-corrected chi connectivity index (χ2v) is 5.73. The van der Waals surface area contributed by atoms with Crippen molar-refractivity contribution >= 4 is 11.6 Å². The SMILES string of the molecule is C=CC(=O)Nc1ccc(OC)c(OC)c1-c1c(F)cccc1OCCCC. The van der Waals surface area contributed by atoms with Crippen molar-refractivity contribution in [1.82, 2.24) is 0 Å². The molecule has 1 N–H and O–H groups in total. The quantitative estimate of drug-likeness (QED) is 0.506. The van der Waals surface area contributed by atoms with E-state index in [1.807, 2.05) is 6.92 Å². The normalized spacial score (nSPS) is 10.2. The smallest absolute Gasteiger partial charge is 0.247 e. The van der Waals surface area contributed by atoms with Crippen LogP contribution in [-0.4, -0.2) is 26.7 Å². The zero-order chi connectivity index (χ0) is 19.8. The van der Waals surface area contributed by atoms with Gasteiger partial charge in [-0.15, -0.1) is 0 Å². The number of amides is 1. The van der Waals surface area contributed by atoms with Gasteiger partial charge in [0.15, 0.2) is 11.5 Å². The van der Waals surface area contributed by atoms with E-state index in [2.05, 4.69) is 11.9 Å². The van der Waals surface area contributed by atoms with Gasteiger partial charge in [0.1, 0.15) is 11.6 Å². The number of carbonyl (C=O) groups is 1. The number of hydrogen-bond acceptors (Lipinski definition) is 4. The molecule has 0 aliphatic carbocycles. The molecule has 5 nitrogen and oxygen atoms in total. The van der Waals surface area contributed by atoms with E-state index in [1.165, 1.54) is 20.3 Å². The monoisotopic (exact) mass is 373 g/mol. The third-order valence-corrected chi connectivity index (χ3v) is 3.97. The van der Waals surface area contributed by atoms with Crippen molar-refractivity contribution in [1.29, 1.82) is 0 Å². The zero-order valence-electron chi connectivity index (χ0n) is 15.8. The van der Waals surface area contributed by atoms with Gasteiger partial charge < -0.3 is 19.5 Å². The molecule has 0 spiro atoms. The first-order chi connectivity index (χ1) is 13.1. The van der Waals surface area contributed by atoms with Crippen LogP contribution in [0.25, 0.3) is 11.1 Å². The molecule has 2 rings (SSSR count). The van der Waals surface area contributed by atoms with Crippen molar-refractivity contribution in [2.24, 2.45) is 0 Å². The fraction of sp³-hybridized carbons (Fsp3) is 0.286. The summed E-state index contributed by atoms with van der Waals surface area (Å²) < 4.78 is 31.5. The van der Waals surface area contributed by atoms with Gasteiger partial charge in [-0.1, -0.05) is 26.0 Å². The van der Waals surface area contributed by atoms with Crippen molar-refractivity contribution in [3.05, 3.63) is 48.8 Å². The molecule has 0 fully saturated rings. The maximum absolute atomic E-state index is 14.9. The zero-order valence-corrected chi connectivity index (χ0v) is 15.8. The Hall–Kier alpha value is -3.02. The molecule has 27 heavy (non-hydrogen) atoms. The van der Waals surface area contributed by atoms with Crippen LogP contribution in [0.3, 0.4) is 0 Å². The predicted molar refractivity (Wildman–Crippen MR) is 104 cm³/mol. The molecule has 6 heteroatoms. The van der Waals surface area contributed by atoms with Gasteiger partial charge in [0.05, 0.1) is 37.6 Å². The van der Waals surface area contributed by atoms with Crippen LogP contribution < -0.4 is 19.5 Å². The Morgan fingerprint density at radius 3 is 2.56 bits per heavy atom. The minimum absolute atomic E-state index is 0.198. The summed E-state index contributed by atoms with van der Waals surface area (Å²) in [6.45, 7) is 5.95. The van der Waals surface area contributed by atoms with Gasteiger partial charge >= 0.3 is 0 Å². The molecule has 2 aromatic rings. The Kier molecular flexibility index (Phi) is 7.23. The number of anilines is 1. The minimum atomic E-state index is -0.496. The van der Waals surface area contributed by atoms with E-state index in [9.17, 15) is 9.18 Å². The summed E-state index contributed by atoms with van der Waals surface area (Å²) in [6, 6.07) is 7.86. The predicted octanol–water partition coefficient (Wildman–Crippen LogP) is 4.81. The molecule has 0 aliphatic rings. The van der Waals surface area contributed by atoms with E-state index in [1.54, 1.807) is 24.3 Å². The number of rotatable bonds is 9. The maximum Gasteiger partial charge on any atom is 0.247 e. The van der Waals surface area contributed by atoms with Crippen LogP contribution in [0.15, 0.2) is 43.0 Å². The summed E-state index contributed by atoms with van der Waals surface area (Å²) >= 11 is 0. The van der Waals surface area contributed by atoms with Crippen molar-refractivity contribution in [2.75, 3.05) is 26.1 Å². The Bertz CT molecular complexity index is 820. The summed E-state index contributed by atoms with van der Waals surface area (Å²) in [5, 5.41) is 2.69. The molecule has 0 bridgehead atoms. The molecule has 0 aliphatic heterocycles. The van der Waals surface area contributed by atoms with Crippen LogP contribution in [0.4, 0.5) is 10.1 Å². The van der Waals surface area contributed by atoms with Gasteiger partial charge in [0, 0.05) is 0 Å². The number of ether oxygens (including phenoxy) is 3. The highest BCUT2D eigenvalue weighted by Gasteiger charge is 2.24. The molecule has 0 atom stereocenters. The van der Waals surface area contributed by atoms with E-state index >= 15 is 0 Å². The summed E-state index contributed by atoms with van der Waals surface area (Å²) in [4.78, 5) is 11.9. The lowest BCUT2D eigenvalue weighted by Gasteiger charge is -2.20. The second-order valence-electron chi connectivity index (χ2n) is 5.73. The fourth-order valence-electron chi connectivity index (χ4n) is 2.66. The average Bonchev–Trinajstić information content (AvgIpc) is 2.68. The Morgan fingerprint density at radius 1 is 1.15 bits per heavy atom. The van der Waals surface area contributed by atoms with E-state index in [4.69, 9.17) is 14.2 Å². The number of hydrogen-bond donors (Lipinski definition) is 1. The number of halogens is 1. The lowest BCUT2D eigenvalue weighted by atomic mass is 9.99. The van der Waals surface area contributed by atoms with Crippen molar-refractivity contribution in [3.63, 3.8) is 0 Å². The highest BCUT2D eigenvalue weighted by atomic mass is 19.1. The third-order valence-electron chi connectivity index (χ3n) is 3.97. The molecular formula is C21H24FNO4. The van der Waals surface area contributed by atoms with Crippen LogP contribution in [-0.2, 0) is 4.79 Å².